The van der Waals surface area contributed by atoms with Crippen LogP contribution in [0, 0.1) is 34.0 Å². The number of methoxy groups -OCH3 is 1. The first kappa shape index (κ1) is 21.7. The third kappa shape index (κ3) is 3.61. The van der Waals surface area contributed by atoms with Gasteiger partial charge in [-0.15, -0.1) is 0 Å². The lowest BCUT2D eigenvalue weighted by molar-refractivity contribution is -0.145. The van der Waals surface area contributed by atoms with Crippen LogP contribution in [0.15, 0.2) is 23.3 Å². The normalized spacial score (nSPS) is 40.2. The summed E-state index contributed by atoms with van der Waals surface area (Å²) in [7, 11) is 1.45. The number of ether oxygens (including phenoxy) is 1. The quantitative estimate of drug-likeness (QED) is 0.292. The summed E-state index contributed by atoms with van der Waals surface area (Å²) in [6.45, 7) is 14.7. The molecule has 2 nitrogen and oxygen atoms in total. The van der Waals surface area contributed by atoms with Crippen molar-refractivity contribution in [3.8, 4) is 0 Å². The monoisotopic (exact) mass is 386 g/mol. The van der Waals surface area contributed by atoms with Crippen molar-refractivity contribution in [3.63, 3.8) is 0 Å². The van der Waals surface area contributed by atoms with E-state index in [9.17, 15) is 4.79 Å². The van der Waals surface area contributed by atoms with Crippen molar-refractivity contribution in [1.29, 1.82) is 0 Å². The number of fused-ring (bicyclic) bond motifs is 3. The SMILES string of the molecule is COC(=O)/C=C(/C)CC[C@@H]1C(C)=CC[C@H]2[C@@]1(C)CCC1C(C)(C)CCC[C@@]12C. The molecule has 2 fully saturated rings. The summed E-state index contributed by atoms with van der Waals surface area (Å²) in [6.07, 6.45) is 14.6. The number of esters is 1. The predicted octanol–water partition coefficient (Wildman–Crippen LogP) is 7.10. The van der Waals surface area contributed by atoms with Gasteiger partial charge in [-0.25, -0.2) is 4.79 Å². The molecule has 0 aromatic rings. The van der Waals surface area contributed by atoms with Gasteiger partial charge in [-0.05, 0) is 92.8 Å². The van der Waals surface area contributed by atoms with Gasteiger partial charge >= 0.3 is 5.97 Å². The Labute approximate surface area is 173 Å². The van der Waals surface area contributed by atoms with E-state index in [-0.39, 0.29) is 5.97 Å². The van der Waals surface area contributed by atoms with Crippen LogP contribution in [0.5, 0.6) is 0 Å². The van der Waals surface area contributed by atoms with Crippen molar-refractivity contribution in [1.82, 2.24) is 0 Å². The molecule has 0 radical (unpaired) electrons. The zero-order valence-electron chi connectivity index (χ0n) is 19.4. The van der Waals surface area contributed by atoms with E-state index in [0.717, 1.165) is 30.3 Å². The third-order valence-electron chi connectivity index (χ3n) is 9.25. The Morgan fingerprint density at radius 3 is 2.54 bits per heavy atom. The molecule has 1 unspecified atom stereocenters. The second-order valence-corrected chi connectivity index (χ2v) is 11.3. The predicted molar refractivity (Wildman–Crippen MR) is 117 cm³/mol. The first-order valence-electron chi connectivity index (χ1n) is 11.5. The van der Waals surface area contributed by atoms with E-state index in [1.165, 1.54) is 45.6 Å². The first-order chi connectivity index (χ1) is 13.0. The van der Waals surface area contributed by atoms with Crippen LogP contribution >= 0.6 is 0 Å². The van der Waals surface area contributed by atoms with Gasteiger partial charge in [-0.1, -0.05) is 51.3 Å². The minimum atomic E-state index is -0.227. The summed E-state index contributed by atoms with van der Waals surface area (Å²) in [6, 6.07) is 0. The average Bonchev–Trinajstić information content (AvgIpc) is 2.59. The fourth-order valence-corrected chi connectivity index (χ4v) is 7.87. The Morgan fingerprint density at radius 1 is 1.14 bits per heavy atom. The highest BCUT2D eigenvalue weighted by Crippen LogP contribution is 2.68. The van der Waals surface area contributed by atoms with E-state index in [1.54, 1.807) is 11.6 Å². The molecular weight excluding hydrogens is 344 g/mol. The molecule has 28 heavy (non-hydrogen) atoms. The number of carbonyl (C=O) groups is 1. The Balaban J connectivity index is 1.85. The molecule has 0 aromatic carbocycles. The van der Waals surface area contributed by atoms with Crippen LogP contribution in [0.1, 0.15) is 92.9 Å². The second-order valence-electron chi connectivity index (χ2n) is 11.3. The zero-order valence-corrected chi connectivity index (χ0v) is 19.4. The maximum absolute atomic E-state index is 11.6. The Hall–Kier alpha value is -1.05. The summed E-state index contributed by atoms with van der Waals surface area (Å²) in [5, 5.41) is 0. The van der Waals surface area contributed by atoms with Crippen LogP contribution < -0.4 is 0 Å². The summed E-state index contributed by atoms with van der Waals surface area (Å²) >= 11 is 0. The Kier molecular flexibility index (Phi) is 5.92. The molecule has 0 aromatic heterocycles. The fourth-order valence-electron chi connectivity index (χ4n) is 7.87. The highest BCUT2D eigenvalue weighted by molar-refractivity contribution is 5.82. The van der Waals surface area contributed by atoms with Crippen LogP contribution in [0.3, 0.4) is 0 Å². The topological polar surface area (TPSA) is 26.3 Å². The fraction of sp³-hybridized carbons (Fsp3) is 0.808. The van der Waals surface area contributed by atoms with Crippen LogP contribution in [-0.2, 0) is 9.53 Å². The smallest absolute Gasteiger partial charge is 0.330 e. The van der Waals surface area contributed by atoms with Crippen molar-refractivity contribution < 1.29 is 9.53 Å². The first-order valence-corrected chi connectivity index (χ1v) is 11.5. The molecule has 0 aliphatic heterocycles. The Bertz CT molecular complexity index is 670. The van der Waals surface area contributed by atoms with E-state index in [1.807, 2.05) is 0 Å². The molecule has 158 valence electrons. The van der Waals surface area contributed by atoms with Crippen molar-refractivity contribution >= 4 is 5.97 Å². The highest BCUT2D eigenvalue weighted by Gasteiger charge is 2.60. The van der Waals surface area contributed by atoms with Gasteiger partial charge in [0.25, 0.3) is 0 Å². The van der Waals surface area contributed by atoms with Gasteiger partial charge in [0, 0.05) is 6.08 Å². The van der Waals surface area contributed by atoms with Crippen LogP contribution in [0.2, 0.25) is 0 Å². The number of hydrogen-bond donors (Lipinski definition) is 0. The number of carbonyl (C=O) groups excluding carboxylic acids is 1. The average molecular weight is 387 g/mol. The lowest BCUT2D eigenvalue weighted by atomic mass is 9.39. The number of rotatable bonds is 4. The second kappa shape index (κ2) is 7.65. The molecule has 2 heteroatoms. The third-order valence-corrected chi connectivity index (χ3v) is 9.25. The Morgan fingerprint density at radius 2 is 1.86 bits per heavy atom. The summed E-state index contributed by atoms with van der Waals surface area (Å²) in [4.78, 5) is 11.6. The highest BCUT2D eigenvalue weighted by atomic mass is 16.5. The van der Waals surface area contributed by atoms with E-state index >= 15 is 0 Å². The van der Waals surface area contributed by atoms with E-state index in [4.69, 9.17) is 4.74 Å². The molecule has 5 atom stereocenters. The lowest BCUT2D eigenvalue weighted by Gasteiger charge is -2.65. The van der Waals surface area contributed by atoms with Gasteiger partial charge in [0.05, 0.1) is 7.11 Å². The molecule has 0 spiro atoms. The summed E-state index contributed by atoms with van der Waals surface area (Å²) < 4.78 is 4.80. The van der Waals surface area contributed by atoms with Gasteiger partial charge in [0.1, 0.15) is 0 Å². The zero-order chi connectivity index (χ0) is 20.7. The van der Waals surface area contributed by atoms with Gasteiger partial charge in [-0.3, -0.25) is 0 Å². The summed E-state index contributed by atoms with van der Waals surface area (Å²) in [5.74, 6) is 2.06. The maximum Gasteiger partial charge on any atom is 0.330 e. The molecule has 3 rings (SSSR count). The molecule has 3 aliphatic carbocycles. The van der Waals surface area contributed by atoms with Crippen molar-refractivity contribution in [2.45, 2.75) is 92.9 Å². The molecular formula is C26H42O2. The van der Waals surface area contributed by atoms with Gasteiger partial charge in [0.2, 0.25) is 0 Å². The van der Waals surface area contributed by atoms with Crippen molar-refractivity contribution in [2.24, 2.45) is 34.0 Å². The molecule has 0 N–H and O–H groups in total. The molecule has 0 bridgehead atoms. The van der Waals surface area contributed by atoms with Gasteiger partial charge in [-0.2, -0.15) is 0 Å². The molecule has 3 aliphatic rings. The van der Waals surface area contributed by atoms with Crippen molar-refractivity contribution in [2.75, 3.05) is 7.11 Å². The largest absolute Gasteiger partial charge is 0.466 e. The van der Waals surface area contributed by atoms with Gasteiger partial charge in [0.15, 0.2) is 0 Å². The molecule has 0 amide bonds. The van der Waals surface area contributed by atoms with Gasteiger partial charge < -0.3 is 4.74 Å². The number of allylic oxidation sites excluding steroid dienone is 3. The minimum absolute atomic E-state index is 0.227. The minimum Gasteiger partial charge on any atom is -0.466 e. The van der Waals surface area contributed by atoms with E-state index < -0.39 is 0 Å². The molecule has 0 heterocycles. The van der Waals surface area contributed by atoms with Crippen LogP contribution in [-0.4, -0.2) is 13.1 Å². The maximum atomic E-state index is 11.6. The summed E-state index contributed by atoms with van der Waals surface area (Å²) in [5.41, 5.74) is 4.08. The number of hydrogen-bond acceptors (Lipinski definition) is 2. The van der Waals surface area contributed by atoms with Crippen molar-refractivity contribution in [3.05, 3.63) is 23.3 Å². The lowest BCUT2D eigenvalue weighted by Crippen LogP contribution is -2.57. The molecule has 0 saturated heterocycles. The molecule has 2 saturated carbocycles. The van der Waals surface area contributed by atoms with Crippen LogP contribution in [0.4, 0.5) is 0 Å². The standard InChI is InChI=1S/C26H42O2/c1-18(17-23(27)28-7)9-11-20-19(2)10-12-22-25(20,5)16-13-21-24(3,4)14-8-15-26(21,22)6/h10,17,20-22H,8-9,11-16H2,1-7H3/b18-17-/t20-,21?,22+,25+,26+/m1/s1. The van der Waals surface area contributed by atoms with Crippen LogP contribution in [0.25, 0.3) is 0 Å². The van der Waals surface area contributed by atoms with E-state index in [0.29, 0.717) is 22.2 Å². The van der Waals surface area contributed by atoms with E-state index in [2.05, 4.69) is 47.6 Å².